The Labute approximate surface area is 120 Å². The van der Waals surface area contributed by atoms with Gasteiger partial charge in [0, 0.05) is 0 Å². The van der Waals surface area contributed by atoms with E-state index in [1.807, 2.05) is 0 Å². The van der Waals surface area contributed by atoms with Gasteiger partial charge in [-0.3, -0.25) is 0 Å². The van der Waals surface area contributed by atoms with Crippen molar-refractivity contribution in [3.05, 3.63) is 59.2 Å². The molecule has 2 rings (SSSR count). The maximum Gasteiger partial charge on any atom is 0.335 e. The standard InChI is InChI=1S/C16H10O5/c1-2-10-5-3-4-6-14(10)21-13-8-11(15(17)18)7-12(9-13)16(19)20/h1,3-9H,(H,17,18)(H,19,20). The Hall–Kier alpha value is -3.26. The molecule has 0 saturated heterocycles. The normalized spacial score (nSPS) is 9.67. The summed E-state index contributed by atoms with van der Waals surface area (Å²) in [6, 6.07) is 10.3. The van der Waals surface area contributed by atoms with Gasteiger partial charge in [0.05, 0.1) is 16.7 Å². The number of terminal acetylenes is 1. The van der Waals surface area contributed by atoms with Crippen molar-refractivity contribution in [1.82, 2.24) is 0 Å². The average Bonchev–Trinajstić information content (AvgIpc) is 2.47. The summed E-state index contributed by atoms with van der Waals surface area (Å²) in [5.74, 6) is 0.387. The fourth-order valence-corrected chi connectivity index (χ4v) is 1.71. The molecule has 0 spiro atoms. The molecule has 0 amide bonds. The molecular weight excluding hydrogens is 272 g/mol. The predicted octanol–water partition coefficient (Wildman–Crippen LogP) is 2.86. The minimum Gasteiger partial charge on any atom is -0.478 e. The Morgan fingerprint density at radius 1 is 1.00 bits per heavy atom. The van der Waals surface area contributed by atoms with E-state index in [9.17, 15) is 9.59 Å². The molecule has 104 valence electrons. The number of ether oxygens (including phenoxy) is 1. The van der Waals surface area contributed by atoms with E-state index in [4.69, 9.17) is 21.4 Å². The highest BCUT2D eigenvalue weighted by molar-refractivity contribution is 5.94. The van der Waals surface area contributed by atoms with E-state index in [-0.39, 0.29) is 16.9 Å². The summed E-state index contributed by atoms with van der Waals surface area (Å²) in [6.07, 6.45) is 5.34. The zero-order valence-corrected chi connectivity index (χ0v) is 10.7. The smallest absolute Gasteiger partial charge is 0.335 e. The third-order valence-corrected chi connectivity index (χ3v) is 2.67. The van der Waals surface area contributed by atoms with Crippen molar-refractivity contribution in [1.29, 1.82) is 0 Å². The van der Waals surface area contributed by atoms with Crippen LogP contribution < -0.4 is 4.74 Å². The van der Waals surface area contributed by atoms with Crippen LogP contribution in [0.5, 0.6) is 11.5 Å². The van der Waals surface area contributed by atoms with Crippen LogP contribution in [0.1, 0.15) is 26.3 Å². The number of hydrogen-bond donors (Lipinski definition) is 2. The van der Waals surface area contributed by atoms with Gasteiger partial charge in [0.1, 0.15) is 11.5 Å². The summed E-state index contributed by atoms with van der Waals surface area (Å²) in [6.45, 7) is 0. The number of hydrogen-bond acceptors (Lipinski definition) is 3. The molecule has 0 saturated carbocycles. The van der Waals surface area contributed by atoms with Gasteiger partial charge in [-0.15, -0.1) is 6.42 Å². The van der Waals surface area contributed by atoms with Crippen molar-refractivity contribution in [2.75, 3.05) is 0 Å². The van der Waals surface area contributed by atoms with E-state index in [0.717, 1.165) is 6.07 Å². The molecule has 0 bridgehead atoms. The summed E-state index contributed by atoms with van der Waals surface area (Å²) in [7, 11) is 0. The Morgan fingerprint density at radius 3 is 2.10 bits per heavy atom. The molecule has 0 aliphatic heterocycles. The molecular formula is C16H10O5. The van der Waals surface area contributed by atoms with Gasteiger partial charge in [0.15, 0.2) is 0 Å². The molecule has 0 atom stereocenters. The largest absolute Gasteiger partial charge is 0.478 e. The summed E-state index contributed by atoms with van der Waals surface area (Å²) in [5.41, 5.74) is 0.126. The van der Waals surface area contributed by atoms with Gasteiger partial charge in [-0.1, -0.05) is 18.1 Å². The maximum absolute atomic E-state index is 11.0. The Morgan fingerprint density at radius 2 is 1.57 bits per heavy atom. The highest BCUT2D eigenvalue weighted by atomic mass is 16.5. The summed E-state index contributed by atoms with van der Waals surface area (Å²) >= 11 is 0. The van der Waals surface area contributed by atoms with Crippen LogP contribution in [-0.4, -0.2) is 22.2 Å². The van der Waals surface area contributed by atoms with Crippen LogP contribution in [0.2, 0.25) is 0 Å². The minimum absolute atomic E-state index is 0.0926. The van der Waals surface area contributed by atoms with E-state index in [1.165, 1.54) is 12.1 Å². The fraction of sp³-hybridized carbons (Fsp3) is 0. The summed E-state index contributed by atoms with van der Waals surface area (Å²) in [5, 5.41) is 18.0. The monoisotopic (exact) mass is 282 g/mol. The quantitative estimate of drug-likeness (QED) is 0.842. The van der Waals surface area contributed by atoms with Crippen molar-refractivity contribution in [3.8, 4) is 23.8 Å². The minimum atomic E-state index is -1.24. The molecule has 0 unspecified atom stereocenters. The van der Waals surface area contributed by atoms with E-state index < -0.39 is 11.9 Å². The third-order valence-electron chi connectivity index (χ3n) is 2.67. The highest BCUT2D eigenvalue weighted by Gasteiger charge is 2.13. The van der Waals surface area contributed by atoms with Crippen LogP contribution in [0, 0.1) is 12.3 Å². The molecule has 0 fully saturated rings. The zero-order chi connectivity index (χ0) is 15.4. The molecule has 0 aliphatic carbocycles. The van der Waals surface area contributed by atoms with Crippen molar-refractivity contribution in [3.63, 3.8) is 0 Å². The second kappa shape index (κ2) is 5.80. The first kappa shape index (κ1) is 14.2. The third kappa shape index (κ3) is 3.19. The van der Waals surface area contributed by atoms with E-state index in [2.05, 4.69) is 5.92 Å². The molecule has 2 aromatic carbocycles. The molecule has 2 N–H and O–H groups in total. The zero-order valence-electron chi connectivity index (χ0n) is 10.7. The Bertz CT molecular complexity index is 723. The lowest BCUT2D eigenvalue weighted by Gasteiger charge is -2.09. The van der Waals surface area contributed by atoms with Gasteiger partial charge < -0.3 is 14.9 Å². The van der Waals surface area contributed by atoms with Gasteiger partial charge in [0.2, 0.25) is 0 Å². The summed E-state index contributed by atoms with van der Waals surface area (Å²) in [4.78, 5) is 22.0. The van der Waals surface area contributed by atoms with E-state index in [1.54, 1.807) is 24.3 Å². The van der Waals surface area contributed by atoms with Crippen LogP contribution in [-0.2, 0) is 0 Å². The number of carbonyl (C=O) groups is 2. The van der Waals surface area contributed by atoms with Gasteiger partial charge in [0.25, 0.3) is 0 Å². The SMILES string of the molecule is C#Cc1ccccc1Oc1cc(C(=O)O)cc(C(=O)O)c1. The first-order valence-electron chi connectivity index (χ1n) is 5.86. The van der Waals surface area contributed by atoms with Crippen LogP contribution in [0.4, 0.5) is 0 Å². The van der Waals surface area contributed by atoms with Crippen LogP contribution >= 0.6 is 0 Å². The predicted molar refractivity (Wildman–Crippen MR) is 74.8 cm³/mol. The Balaban J connectivity index is 2.46. The van der Waals surface area contributed by atoms with Crippen LogP contribution in [0.15, 0.2) is 42.5 Å². The van der Waals surface area contributed by atoms with Crippen molar-refractivity contribution in [2.24, 2.45) is 0 Å². The van der Waals surface area contributed by atoms with Crippen molar-refractivity contribution in [2.45, 2.75) is 0 Å². The number of benzene rings is 2. The van der Waals surface area contributed by atoms with Crippen LogP contribution in [0.25, 0.3) is 0 Å². The number of carboxylic acids is 2. The maximum atomic E-state index is 11.0. The molecule has 2 aromatic rings. The number of aromatic carboxylic acids is 2. The van der Waals surface area contributed by atoms with Gasteiger partial charge in [-0.25, -0.2) is 9.59 Å². The fourth-order valence-electron chi connectivity index (χ4n) is 1.71. The lowest BCUT2D eigenvalue weighted by molar-refractivity contribution is 0.0696. The number of carboxylic acid groups (broad SMARTS) is 2. The van der Waals surface area contributed by atoms with Crippen molar-refractivity contribution < 1.29 is 24.5 Å². The van der Waals surface area contributed by atoms with Gasteiger partial charge >= 0.3 is 11.9 Å². The van der Waals surface area contributed by atoms with Gasteiger partial charge in [-0.05, 0) is 30.3 Å². The van der Waals surface area contributed by atoms with Crippen LogP contribution in [0.3, 0.4) is 0 Å². The van der Waals surface area contributed by atoms with E-state index in [0.29, 0.717) is 11.3 Å². The molecule has 5 nitrogen and oxygen atoms in total. The molecule has 0 radical (unpaired) electrons. The number of rotatable bonds is 4. The van der Waals surface area contributed by atoms with Gasteiger partial charge in [-0.2, -0.15) is 0 Å². The first-order valence-corrected chi connectivity index (χ1v) is 5.86. The lowest BCUT2D eigenvalue weighted by Crippen LogP contribution is -2.03. The Kier molecular flexibility index (Phi) is 3.91. The molecule has 0 aromatic heterocycles. The molecule has 5 heteroatoms. The van der Waals surface area contributed by atoms with E-state index >= 15 is 0 Å². The molecule has 0 aliphatic rings. The topological polar surface area (TPSA) is 83.8 Å². The lowest BCUT2D eigenvalue weighted by atomic mass is 10.1. The highest BCUT2D eigenvalue weighted by Crippen LogP contribution is 2.26. The second-order valence-corrected chi connectivity index (χ2v) is 4.10. The second-order valence-electron chi connectivity index (χ2n) is 4.10. The molecule has 21 heavy (non-hydrogen) atoms. The summed E-state index contributed by atoms with van der Waals surface area (Å²) < 4.78 is 5.51. The van der Waals surface area contributed by atoms with Crippen molar-refractivity contribution >= 4 is 11.9 Å². The number of para-hydroxylation sites is 1. The average molecular weight is 282 g/mol. The molecule has 0 heterocycles. The first-order chi connectivity index (χ1) is 10.0.